The Hall–Kier alpha value is -3.41. The number of anilines is 1. The first-order valence-electron chi connectivity index (χ1n) is 10.2. The molecule has 0 radical (unpaired) electrons. The molecular formula is C24H25N3O3. The molecule has 0 spiro atoms. The van der Waals surface area contributed by atoms with Crippen molar-refractivity contribution >= 4 is 11.7 Å². The van der Waals surface area contributed by atoms with Gasteiger partial charge in [-0.2, -0.15) is 0 Å². The highest BCUT2D eigenvalue weighted by Crippen LogP contribution is 2.50. The number of carbonyl (C=O) groups is 1. The fourth-order valence-electron chi connectivity index (χ4n) is 4.12. The van der Waals surface area contributed by atoms with E-state index >= 15 is 0 Å². The van der Waals surface area contributed by atoms with Crippen LogP contribution in [0.15, 0.2) is 47.4 Å². The Morgan fingerprint density at radius 3 is 2.77 bits per heavy atom. The molecule has 3 aromatic rings. The first-order chi connectivity index (χ1) is 14.5. The van der Waals surface area contributed by atoms with Gasteiger partial charge in [0.25, 0.3) is 5.56 Å². The molecule has 0 bridgehead atoms. The van der Waals surface area contributed by atoms with E-state index < -0.39 is 5.41 Å². The molecule has 1 aromatic carbocycles. The number of benzene rings is 1. The van der Waals surface area contributed by atoms with Gasteiger partial charge in [0, 0.05) is 25.2 Å². The normalized spacial score (nSPS) is 15.9. The Balaban J connectivity index is 0.00000231. The van der Waals surface area contributed by atoms with E-state index in [4.69, 9.17) is 4.74 Å². The number of ether oxygens (including phenoxy) is 1. The molecule has 30 heavy (non-hydrogen) atoms. The lowest BCUT2D eigenvalue weighted by atomic mass is 9.93. The summed E-state index contributed by atoms with van der Waals surface area (Å²) in [6, 6.07) is 11.7. The molecule has 0 saturated heterocycles. The van der Waals surface area contributed by atoms with Crippen molar-refractivity contribution in [3.8, 4) is 17.0 Å². The number of carbonyl (C=O) groups excluding carboxylic acids is 1. The van der Waals surface area contributed by atoms with Crippen molar-refractivity contribution in [3.05, 3.63) is 75.2 Å². The molecule has 6 nitrogen and oxygen atoms in total. The maximum Gasteiger partial charge on any atom is 0.250 e. The van der Waals surface area contributed by atoms with Crippen molar-refractivity contribution < 1.29 is 11.0 Å². The van der Waals surface area contributed by atoms with Crippen LogP contribution in [-0.2, 0) is 16.6 Å². The van der Waals surface area contributed by atoms with Gasteiger partial charge >= 0.3 is 0 Å². The van der Waals surface area contributed by atoms with E-state index in [0.717, 1.165) is 47.4 Å². The minimum atomic E-state index is -0.487. The molecule has 1 aliphatic heterocycles. The molecule has 1 saturated carbocycles. The van der Waals surface area contributed by atoms with Gasteiger partial charge in [0.05, 0.1) is 17.7 Å². The van der Waals surface area contributed by atoms with Crippen molar-refractivity contribution in [2.45, 2.75) is 38.5 Å². The number of amides is 1. The van der Waals surface area contributed by atoms with Gasteiger partial charge in [-0.3, -0.25) is 9.59 Å². The lowest BCUT2D eigenvalue weighted by Gasteiger charge is -2.17. The second kappa shape index (κ2) is 6.83. The summed E-state index contributed by atoms with van der Waals surface area (Å²) in [6.45, 7) is 4.43. The van der Waals surface area contributed by atoms with Crippen molar-refractivity contribution in [3.63, 3.8) is 0 Å². The van der Waals surface area contributed by atoms with Crippen LogP contribution in [0.1, 0.15) is 36.5 Å². The van der Waals surface area contributed by atoms with E-state index in [1.807, 2.05) is 37.3 Å². The summed E-state index contributed by atoms with van der Waals surface area (Å²) in [5.74, 6) is 1.41. The number of nitrogens with zero attached hydrogens (tertiary/aromatic N) is 1. The SMILES string of the molecule is Cc1ccc(NC(=O)C2(c3ccc4c(c3)CCO4)CC2)nc1-c1c[nH]c(=O)c(C)c1.[HH]. The van der Waals surface area contributed by atoms with E-state index in [1.165, 1.54) is 5.56 Å². The van der Waals surface area contributed by atoms with Gasteiger partial charge < -0.3 is 15.0 Å². The summed E-state index contributed by atoms with van der Waals surface area (Å²) in [5, 5.41) is 3.02. The number of rotatable bonds is 4. The Bertz CT molecular complexity index is 1230. The fraction of sp³-hybridized carbons (Fsp3) is 0.292. The van der Waals surface area contributed by atoms with E-state index in [-0.39, 0.29) is 12.9 Å². The predicted molar refractivity (Wildman–Crippen MR) is 117 cm³/mol. The van der Waals surface area contributed by atoms with Gasteiger partial charge in [-0.25, -0.2) is 4.98 Å². The average molecular weight is 403 g/mol. The van der Waals surface area contributed by atoms with Gasteiger partial charge in [0.1, 0.15) is 11.6 Å². The molecular weight excluding hydrogens is 378 g/mol. The molecule has 0 unspecified atom stereocenters. The quantitative estimate of drug-likeness (QED) is 0.692. The first-order valence-corrected chi connectivity index (χ1v) is 10.2. The number of hydrogen-bond acceptors (Lipinski definition) is 4. The maximum atomic E-state index is 13.2. The lowest BCUT2D eigenvalue weighted by Crippen LogP contribution is -2.28. The third-order valence-corrected chi connectivity index (χ3v) is 6.13. The summed E-state index contributed by atoms with van der Waals surface area (Å²) in [7, 11) is 0. The number of aryl methyl sites for hydroxylation is 2. The number of hydrogen-bond donors (Lipinski definition) is 2. The van der Waals surface area contributed by atoms with E-state index in [1.54, 1.807) is 13.1 Å². The first kappa shape index (κ1) is 18.6. The van der Waals surface area contributed by atoms with E-state index in [2.05, 4.69) is 21.4 Å². The Kier molecular flexibility index (Phi) is 4.24. The van der Waals surface area contributed by atoms with E-state index in [9.17, 15) is 9.59 Å². The smallest absolute Gasteiger partial charge is 0.250 e. The number of fused-ring (bicyclic) bond motifs is 1. The third kappa shape index (κ3) is 3.09. The van der Waals surface area contributed by atoms with Crippen LogP contribution >= 0.6 is 0 Å². The molecule has 2 aromatic heterocycles. The molecule has 0 atom stereocenters. The summed E-state index contributed by atoms with van der Waals surface area (Å²) >= 11 is 0. The van der Waals surface area contributed by atoms with Gasteiger partial charge in [-0.1, -0.05) is 18.2 Å². The molecule has 2 aliphatic rings. The second-order valence-electron chi connectivity index (χ2n) is 8.22. The van der Waals surface area contributed by atoms with Crippen LogP contribution in [-0.4, -0.2) is 22.5 Å². The molecule has 3 heterocycles. The predicted octanol–water partition coefficient (Wildman–Crippen LogP) is 3.90. The maximum absolute atomic E-state index is 13.2. The van der Waals surface area contributed by atoms with Crippen LogP contribution in [0.3, 0.4) is 0 Å². The topological polar surface area (TPSA) is 84.1 Å². The zero-order chi connectivity index (χ0) is 20.9. The summed E-state index contributed by atoms with van der Waals surface area (Å²) in [6.07, 6.45) is 4.21. The summed E-state index contributed by atoms with van der Waals surface area (Å²) in [5.41, 5.74) is 4.78. The number of pyridine rings is 2. The zero-order valence-corrected chi connectivity index (χ0v) is 17.0. The third-order valence-electron chi connectivity index (χ3n) is 6.13. The molecule has 154 valence electrons. The standard InChI is InChI=1S/C24H23N3O3.H2/c1-14-3-6-20(26-21(14)17-11-15(2)22(28)25-13-17)27-23(29)24(8-9-24)18-4-5-19-16(12-18)7-10-30-19;/h3-6,11-13H,7-10H2,1-2H3,(H,25,28)(H,26,27,29);1H. The van der Waals surface area contributed by atoms with Crippen molar-refractivity contribution in [1.82, 2.24) is 9.97 Å². The number of aromatic nitrogens is 2. The largest absolute Gasteiger partial charge is 0.493 e. The van der Waals surface area contributed by atoms with Gasteiger partial charge in [-0.15, -0.1) is 0 Å². The molecule has 5 rings (SSSR count). The van der Waals surface area contributed by atoms with E-state index in [0.29, 0.717) is 18.0 Å². The lowest BCUT2D eigenvalue weighted by molar-refractivity contribution is -0.118. The highest BCUT2D eigenvalue weighted by atomic mass is 16.5. The minimum absolute atomic E-state index is 0. The molecule has 1 amide bonds. The fourth-order valence-corrected chi connectivity index (χ4v) is 4.12. The van der Waals surface area contributed by atoms with Crippen LogP contribution < -0.4 is 15.6 Å². The minimum Gasteiger partial charge on any atom is -0.493 e. The van der Waals surface area contributed by atoms with Crippen LogP contribution in [0, 0.1) is 13.8 Å². The van der Waals surface area contributed by atoms with Gasteiger partial charge in [0.15, 0.2) is 0 Å². The zero-order valence-electron chi connectivity index (χ0n) is 17.0. The molecule has 1 aliphatic carbocycles. The Morgan fingerprint density at radius 2 is 2.00 bits per heavy atom. The number of nitrogens with one attached hydrogen (secondary N) is 2. The summed E-state index contributed by atoms with van der Waals surface area (Å²) in [4.78, 5) is 32.3. The van der Waals surface area contributed by atoms with Crippen molar-refractivity contribution in [2.75, 3.05) is 11.9 Å². The number of aromatic amines is 1. The molecule has 6 heteroatoms. The summed E-state index contributed by atoms with van der Waals surface area (Å²) < 4.78 is 5.59. The second-order valence-corrected chi connectivity index (χ2v) is 8.22. The average Bonchev–Trinajstić information content (AvgIpc) is 3.42. The van der Waals surface area contributed by atoms with Crippen molar-refractivity contribution in [1.29, 1.82) is 0 Å². The van der Waals surface area contributed by atoms with Gasteiger partial charge in [-0.05, 0) is 61.6 Å². The highest BCUT2D eigenvalue weighted by molar-refractivity contribution is 6.01. The highest BCUT2D eigenvalue weighted by Gasteiger charge is 2.51. The monoisotopic (exact) mass is 403 g/mol. The van der Waals surface area contributed by atoms with Crippen LogP contribution in [0.2, 0.25) is 0 Å². The van der Waals surface area contributed by atoms with Gasteiger partial charge in [0.2, 0.25) is 5.91 Å². The van der Waals surface area contributed by atoms with Crippen LogP contribution in [0.4, 0.5) is 5.82 Å². The number of H-pyrrole nitrogens is 1. The molecule has 2 N–H and O–H groups in total. The van der Waals surface area contributed by atoms with Crippen LogP contribution in [0.5, 0.6) is 5.75 Å². The van der Waals surface area contributed by atoms with Crippen molar-refractivity contribution in [2.24, 2.45) is 0 Å². The Morgan fingerprint density at radius 1 is 1.17 bits per heavy atom. The molecule has 1 fully saturated rings. The van der Waals surface area contributed by atoms with Crippen LogP contribution in [0.25, 0.3) is 11.3 Å². The Labute approximate surface area is 175 Å².